The SMILES string of the molecule is CSCCC(NC(=O)C(N)CO)C(=O)NCC(=O)NC(CCC(N)=O)C(=O)O. The molecule has 0 saturated carbocycles. The maximum atomic E-state index is 12.2. The lowest BCUT2D eigenvalue weighted by molar-refractivity contribution is -0.142. The van der Waals surface area contributed by atoms with Crippen molar-refractivity contribution in [2.24, 2.45) is 11.5 Å². The summed E-state index contributed by atoms with van der Waals surface area (Å²) in [5.74, 6) is -3.68. The maximum Gasteiger partial charge on any atom is 0.326 e. The molecule has 28 heavy (non-hydrogen) atoms. The molecular weight excluding hydrogens is 394 g/mol. The number of rotatable bonds is 14. The molecule has 0 aliphatic carbocycles. The molecule has 0 saturated heterocycles. The van der Waals surface area contributed by atoms with E-state index in [4.69, 9.17) is 21.7 Å². The molecule has 0 aliphatic heterocycles. The lowest BCUT2D eigenvalue weighted by Crippen LogP contribution is -2.54. The minimum absolute atomic E-state index is 0.185. The van der Waals surface area contributed by atoms with Gasteiger partial charge in [-0.1, -0.05) is 0 Å². The third-order valence-electron chi connectivity index (χ3n) is 3.51. The second kappa shape index (κ2) is 13.7. The molecule has 13 heteroatoms. The summed E-state index contributed by atoms with van der Waals surface area (Å²) in [7, 11) is 0. The van der Waals surface area contributed by atoms with Crippen molar-refractivity contribution < 1.29 is 34.2 Å². The van der Waals surface area contributed by atoms with Gasteiger partial charge in [0, 0.05) is 6.42 Å². The number of primary amides is 1. The highest BCUT2D eigenvalue weighted by molar-refractivity contribution is 7.98. The number of thioether (sulfide) groups is 1. The number of aliphatic hydroxyl groups excluding tert-OH is 1. The van der Waals surface area contributed by atoms with Crippen LogP contribution in [-0.4, -0.2) is 83.1 Å². The van der Waals surface area contributed by atoms with Crippen LogP contribution in [0, 0.1) is 0 Å². The third-order valence-corrected chi connectivity index (χ3v) is 4.16. The number of carboxylic acids is 1. The van der Waals surface area contributed by atoms with Crippen LogP contribution in [0.25, 0.3) is 0 Å². The fourth-order valence-corrected chi connectivity index (χ4v) is 2.42. The van der Waals surface area contributed by atoms with E-state index >= 15 is 0 Å². The van der Waals surface area contributed by atoms with E-state index in [0.717, 1.165) is 0 Å². The Balaban J connectivity index is 4.71. The van der Waals surface area contributed by atoms with Gasteiger partial charge < -0.3 is 37.6 Å². The zero-order valence-corrected chi connectivity index (χ0v) is 16.3. The van der Waals surface area contributed by atoms with Crippen LogP contribution < -0.4 is 27.4 Å². The molecule has 0 aromatic heterocycles. The number of carbonyl (C=O) groups excluding carboxylic acids is 4. The Morgan fingerprint density at radius 2 is 1.68 bits per heavy atom. The molecule has 3 atom stereocenters. The van der Waals surface area contributed by atoms with Crippen molar-refractivity contribution in [1.29, 1.82) is 0 Å². The van der Waals surface area contributed by atoms with Crippen molar-refractivity contribution in [3.05, 3.63) is 0 Å². The van der Waals surface area contributed by atoms with Crippen LogP contribution in [0.2, 0.25) is 0 Å². The molecule has 160 valence electrons. The van der Waals surface area contributed by atoms with E-state index in [1.807, 2.05) is 6.26 Å². The Kier molecular flexibility index (Phi) is 12.6. The van der Waals surface area contributed by atoms with E-state index in [0.29, 0.717) is 5.75 Å². The summed E-state index contributed by atoms with van der Waals surface area (Å²) in [5, 5.41) is 24.8. The van der Waals surface area contributed by atoms with Gasteiger partial charge in [0.25, 0.3) is 0 Å². The number of carboxylic acid groups (broad SMARTS) is 1. The van der Waals surface area contributed by atoms with Gasteiger partial charge >= 0.3 is 5.97 Å². The number of nitrogens with one attached hydrogen (secondary N) is 3. The molecule has 0 fully saturated rings. The van der Waals surface area contributed by atoms with E-state index < -0.39 is 60.9 Å². The first-order valence-electron chi connectivity index (χ1n) is 8.36. The first-order chi connectivity index (χ1) is 13.1. The summed E-state index contributed by atoms with van der Waals surface area (Å²) in [6, 6.07) is -3.49. The molecule has 0 aromatic carbocycles. The topological polar surface area (TPSA) is 214 Å². The normalized spacial score (nSPS) is 13.7. The Bertz CT molecular complexity index is 575. The molecule has 9 N–H and O–H groups in total. The van der Waals surface area contributed by atoms with Gasteiger partial charge in [-0.2, -0.15) is 11.8 Å². The van der Waals surface area contributed by atoms with Gasteiger partial charge in [0.05, 0.1) is 13.2 Å². The van der Waals surface area contributed by atoms with Crippen molar-refractivity contribution in [3.63, 3.8) is 0 Å². The lowest BCUT2D eigenvalue weighted by atomic mass is 10.1. The van der Waals surface area contributed by atoms with Crippen LogP contribution in [0.4, 0.5) is 0 Å². The van der Waals surface area contributed by atoms with E-state index in [9.17, 15) is 24.0 Å². The number of carbonyl (C=O) groups is 5. The Hall–Kier alpha value is -2.38. The van der Waals surface area contributed by atoms with E-state index in [2.05, 4.69) is 16.0 Å². The number of aliphatic carboxylic acids is 1. The Labute approximate surface area is 166 Å². The average Bonchev–Trinajstić information content (AvgIpc) is 2.64. The predicted octanol–water partition coefficient (Wildman–Crippen LogP) is -3.50. The molecule has 0 bridgehead atoms. The van der Waals surface area contributed by atoms with Gasteiger partial charge in [-0.05, 0) is 24.9 Å². The molecule has 4 amide bonds. The molecular formula is C15H27N5O7S. The second-order valence-electron chi connectivity index (χ2n) is 5.81. The monoisotopic (exact) mass is 421 g/mol. The molecule has 0 aromatic rings. The summed E-state index contributed by atoms with van der Waals surface area (Å²) in [6.07, 6.45) is 1.66. The Morgan fingerprint density at radius 1 is 1.04 bits per heavy atom. The van der Waals surface area contributed by atoms with Gasteiger partial charge in [0.2, 0.25) is 23.6 Å². The fraction of sp³-hybridized carbons (Fsp3) is 0.667. The van der Waals surface area contributed by atoms with Crippen LogP contribution in [0.15, 0.2) is 0 Å². The van der Waals surface area contributed by atoms with Gasteiger partial charge in [0.15, 0.2) is 0 Å². The largest absolute Gasteiger partial charge is 0.480 e. The highest BCUT2D eigenvalue weighted by atomic mass is 32.2. The number of aliphatic hydroxyl groups is 1. The van der Waals surface area contributed by atoms with E-state index in [1.54, 1.807) is 0 Å². The zero-order valence-electron chi connectivity index (χ0n) is 15.5. The molecule has 3 unspecified atom stereocenters. The van der Waals surface area contributed by atoms with Crippen LogP contribution >= 0.6 is 11.8 Å². The molecule has 12 nitrogen and oxygen atoms in total. The van der Waals surface area contributed by atoms with Gasteiger partial charge in [-0.3, -0.25) is 19.2 Å². The maximum absolute atomic E-state index is 12.2. The van der Waals surface area contributed by atoms with Gasteiger partial charge in [-0.15, -0.1) is 0 Å². The predicted molar refractivity (Wildman–Crippen MR) is 101 cm³/mol. The number of nitrogens with two attached hydrogens (primary N) is 2. The van der Waals surface area contributed by atoms with Gasteiger partial charge in [-0.25, -0.2) is 4.79 Å². The molecule has 0 aliphatic rings. The van der Waals surface area contributed by atoms with Crippen LogP contribution in [-0.2, 0) is 24.0 Å². The van der Waals surface area contributed by atoms with Crippen molar-refractivity contribution >= 4 is 41.4 Å². The average molecular weight is 421 g/mol. The summed E-state index contributed by atoms with van der Waals surface area (Å²) >= 11 is 1.44. The number of hydrogen-bond acceptors (Lipinski definition) is 8. The highest BCUT2D eigenvalue weighted by Crippen LogP contribution is 2.02. The number of hydrogen-bond donors (Lipinski definition) is 7. The molecule has 0 heterocycles. The zero-order chi connectivity index (χ0) is 21.7. The second-order valence-corrected chi connectivity index (χ2v) is 6.80. The minimum atomic E-state index is -1.34. The quantitative estimate of drug-likeness (QED) is 0.148. The fourth-order valence-electron chi connectivity index (χ4n) is 1.95. The first-order valence-corrected chi connectivity index (χ1v) is 9.75. The summed E-state index contributed by atoms with van der Waals surface area (Å²) in [4.78, 5) is 57.7. The minimum Gasteiger partial charge on any atom is -0.480 e. The van der Waals surface area contributed by atoms with Crippen molar-refractivity contribution in [1.82, 2.24) is 16.0 Å². The first kappa shape index (κ1) is 25.6. The smallest absolute Gasteiger partial charge is 0.326 e. The summed E-state index contributed by atoms with van der Waals surface area (Å²) in [5.41, 5.74) is 10.3. The molecule has 0 radical (unpaired) electrons. The van der Waals surface area contributed by atoms with Crippen LogP contribution in [0.1, 0.15) is 19.3 Å². The standard InChI is InChI=1S/C15H27N5O7S/c1-28-5-4-9(20-13(24)8(16)7-21)14(25)18-6-12(23)19-10(15(26)27)2-3-11(17)22/h8-10,21H,2-7,16H2,1H3,(H2,17,22)(H,18,25)(H,19,23)(H,20,24)(H,26,27). The summed E-state index contributed by atoms with van der Waals surface area (Å²) in [6.45, 7) is -1.12. The molecule has 0 spiro atoms. The van der Waals surface area contributed by atoms with Crippen LogP contribution in [0.5, 0.6) is 0 Å². The van der Waals surface area contributed by atoms with Gasteiger partial charge in [0.1, 0.15) is 18.1 Å². The highest BCUT2D eigenvalue weighted by Gasteiger charge is 2.25. The van der Waals surface area contributed by atoms with Crippen molar-refractivity contribution in [2.75, 3.05) is 25.2 Å². The van der Waals surface area contributed by atoms with Crippen molar-refractivity contribution in [2.45, 2.75) is 37.4 Å². The van der Waals surface area contributed by atoms with E-state index in [1.165, 1.54) is 11.8 Å². The third kappa shape index (κ3) is 10.7. The summed E-state index contributed by atoms with van der Waals surface area (Å²) < 4.78 is 0. The van der Waals surface area contributed by atoms with Crippen molar-refractivity contribution in [3.8, 4) is 0 Å². The van der Waals surface area contributed by atoms with E-state index in [-0.39, 0.29) is 19.3 Å². The van der Waals surface area contributed by atoms with Crippen LogP contribution in [0.3, 0.4) is 0 Å². The molecule has 0 rings (SSSR count). The lowest BCUT2D eigenvalue weighted by Gasteiger charge is -2.20. The Morgan fingerprint density at radius 3 is 2.18 bits per heavy atom. The number of amides is 4.